The lowest BCUT2D eigenvalue weighted by molar-refractivity contribution is 1.46. The molecule has 0 N–H and O–H groups in total. The summed E-state index contributed by atoms with van der Waals surface area (Å²) in [5.74, 6) is 0. The predicted octanol–water partition coefficient (Wildman–Crippen LogP) is 6.49. The number of nitrogens with zero attached hydrogens (tertiary/aromatic N) is 1. The molecule has 2 rings (SSSR count). The summed E-state index contributed by atoms with van der Waals surface area (Å²) in [4.78, 5) is 4.44. The Labute approximate surface area is 139 Å². The quantitative estimate of drug-likeness (QED) is 0.256. The first-order valence-corrected chi connectivity index (χ1v) is 8.19. The minimum Gasteiger partial charge on any atom is -0.256 e. The molecular formula is C13H7Br4N. The summed E-state index contributed by atoms with van der Waals surface area (Å²) >= 11 is 14.1. The number of para-hydroxylation sites is 1. The van der Waals surface area contributed by atoms with Crippen molar-refractivity contribution in [1.29, 1.82) is 0 Å². The summed E-state index contributed by atoms with van der Waals surface area (Å²) < 4.78 is 3.89. The van der Waals surface area contributed by atoms with E-state index in [0.717, 1.165) is 29.1 Å². The minimum absolute atomic E-state index is 0.930. The number of hydrogen-bond acceptors (Lipinski definition) is 1. The van der Waals surface area contributed by atoms with Crippen LogP contribution in [-0.2, 0) is 0 Å². The Bertz CT molecular complexity index is 594. The van der Waals surface area contributed by atoms with E-state index in [9.17, 15) is 0 Å². The highest BCUT2D eigenvalue weighted by atomic mass is 79.9. The number of benzene rings is 2. The third-order valence-corrected chi connectivity index (χ3v) is 6.93. The van der Waals surface area contributed by atoms with Gasteiger partial charge in [0.1, 0.15) is 0 Å². The lowest BCUT2D eigenvalue weighted by Gasteiger charge is -2.06. The maximum Gasteiger partial charge on any atom is 0.0629 e. The van der Waals surface area contributed by atoms with Crippen LogP contribution < -0.4 is 0 Å². The van der Waals surface area contributed by atoms with E-state index in [1.54, 1.807) is 0 Å². The van der Waals surface area contributed by atoms with Gasteiger partial charge in [-0.3, -0.25) is 4.99 Å². The van der Waals surface area contributed by atoms with Crippen molar-refractivity contribution in [2.75, 3.05) is 0 Å². The molecule has 0 unspecified atom stereocenters. The Morgan fingerprint density at radius 2 is 1.50 bits per heavy atom. The van der Waals surface area contributed by atoms with E-state index < -0.39 is 0 Å². The molecule has 2 aromatic carbocycles. The normalized spacial score (nSPS) is 11.1. The Balaban J connectivity index is 2.39. The summed E-state index contributed by atoms with van der Waals surface area (Å²) in [5.41, 5.74) is 1.93. The molecule has 2 aromatic rings. The average molecular weight is 497 g/mol. The molecule has 0 atom stereocenters. The number of hydrogen-bond donors (Lipinski definition) is 0. The van der Waals surface area contributed by atoms with Crippen molar-refractivity contribution in [3.05, 3.63) is 59.9 Å². The summed E-state index contributed by atoms with van der Waals surface area (Å²) in [5, 5.41) is 0. The monoisotopic (exact) mass is 493 g/mol. The van der Waals surface area contributed by atoms with Gasteiger partial charge in [-0.25, -0.2) is 0 Å². The fourth-order valence-electron chi connectivity index (χ4n) is 1.34. The molecule has 0 saturated carbocycles. The zero-order valence-electron chi connectivity index (χ0n) is 9.00. The van der Waals surface area contributed by atoms with Gasteiger partial charge in [0.05, 0.1) is 5.69 Å². The first kappa shape index (κ1) is 14.4. The van der Waals surface area contributed by atoms with Crippen molar-refractivity contribution in [1.82, 2.24) is 0 Å². The van der Waals surface area contributed by atoms with Gasteiger partial charge in [0.2, 0.25) is 0 Å². The second kappa shape index (κ2) is 6.46. The maximum atomic E-state index is 4.44. The fourth-order valence-corrected chi connectivity index (χ4v) is 3.49. The minimum atomic E-state index is 0.930. The zero-order chi connectivity index (χ0) is 13.1. The topological polar surface area (TPSA) is 12.4 Å². The molecule has 0 heterocycles. The smallest absolute Gasteiger partial charge is 0.0629 e. The Hall–Kier alpha value is 0.0300. The van der Waals surface area contributed by atoms with E-state index in [2.05, 4.69) is 68.7 Å². The highest BCUT2D eigenvalue weighted by Crippen LogP contribution is 2.38. The highest BCUT2D eigenvalue weighted by Gasteiger charge is 2.10. The summed E-state index contributed by atoms with van der Waals surface area (Å²) in [7, 11) is 0. The molecule has 0 saturated heterocycles. The molecule has 0 fully saturated rings. The molecule has 92 valence electrons. The molecule has 0 spiro atoms. The van der Waals surface area contributed by atoms with Gasteiger partial charge in [0.25, 0.3) is 0 Å². The standard InChI is InChI=1S/C13H7Br4N/c14-10-6-8(11(15)13(17)12(10)16)7-18-9-4-2-1-3-5-9/h1-7H/b18-7+. The van der Waals surface area contributed by atoms with Gasteiger partial charge in [0, 0.05) is 29.7 Å². The lowest BCUT2D eigenvalue weighted by Crippen LogP contribution is -1.87. The molecule has 1 nitrogen and oxygen atoms in total. The largest absolute Gasteiger partial charge is 0.256 e. The molecule has 0 aliphatic carbocycles. The SMILES string of the molecule is Brc1cc(/C=N/c2ccccc2)c(Br)c(Br)c1Br. The van der Waals surface area contributed by atoms with Crippen LogP contribution in [0.1, 0.15) is 5.56 Å². The molecule has 0 aromatic heterocycles. The van der Waals surface area contributed by atoms with Gasteiger partial charge < -0.3 is 0 Å². The molecule has 0 aliphatic rings. The van der Waals surface area contributed by atoms with Crippen LogP contribution in [-0.4, -0.2) is 6.21 Å². The van der Waals surface area contributed by atoms with E-state index in [0.29, 0.717) is 0 Å². The summed E-state index contributed by atoms with van der Waals surface area (Å²) in [6.45, 7) is 0. The van der Waals surface area contributed by atoms with Crippen LogP contribution in [0.15, 0.2) is 59.3 Å². The van der Waals surface area contributed by atoms with Crippen LogP contribution in [0, 0.1) is 0 Å². The van der Waals surface area contributed by atoms with Crippen molar-refractivity contribution in [2.45, 2.75) is 0 Å². The molecule has 5 heteroatoms. The van der Waals surface area contributed by atoms with Gasteiger partial charge in [-0.2, -0.15) is 0 Å². The number of halogens is 4. The van der Waals surface area contributed by atoms with Crippen LogP contribution in [0.4, 0.5) is 5.69 Å². The first-order chi connectivity index (χ1) is 8.59. The van der Waals surface area contributed by atoms with Gasteiger partial charge in [-0.05, 0) is 81.9 Å². The van der Waals surface area contributed by atoms with E-state index in [1.807, 2.05) is 42.6 Å². The van der Waals surface area contributed by atoms with Crippen LogP contribution in [0.2, 0.25) is 0 Å². The predicted molar refractivity (Wildman–Crippen MR) is 90.9 cm³/mol. The van der Waals surface area contributed by atoms with Gasteiger partial charge in [-0.1, -0.05) is 18.2 Å². The van der Waals surface area contributed by atoms with Crippen molar-refractivity contribution >= 4 is 75.6 Å². The lowest BCUT2D eigenvalue weighted by atomic mass is 10.2. The van der Waals surface area contributed by atoms with Crippen molar-refractivity contribution in [2.24, 2.45) is 4.99 Å². The molecule has 0 bridgehead atoms. The third kappa shape index (κ3) is 3.32. The second-order valence-corrected chi connectivity index (χ2v) is 6.72. The van der Waals surface area contributed by atoms with Crippen LogP contribution in [0.5, 0.6) is 0 Å². The molecule has 18 heavy (non-hydrogen) atoms. The molecule has 0 amide bonds. The zero-order valence-corrected chi connectivity index (χ0v) is 15.3. The van der Waals surface area contributed by atoms with E-state index in [4.69, 9.17) is 0 Å². The molecule has 0 aliphatic heterocycles. The number of aliphatic imine (C=N–C) groups is 1. The van der Waals surface area contributed by atoms with Crippen molar-refractivity contribution < 1.29 is 0 Å². The van der Waals surface area contributed by atoms with Crippen LogP contribution in [0.25, 0.3) is 0 Å². The van der Waals surface area contributed by atoms with Crippen LogP contribution in [0.3, 0.4) is 0 Å². The van der Waals surface area contributed by atoms with Gasteiger partial charge in [-0.15, -0.1) is 0 Å². The molecular weight excluding hydrogens is 490 g/mol. The molecule has 0 radical (unpaired) electrons. The van der Waals surface area contributed by atoms with Gasteiger partial charge >= 0.3 is 0 Å². The summed E-state index contributed by atoms with van der Waals surface area (Å²) in [6, 6.07) is 11.8. The third-order valence-electron chi connectivity index (χ3n) is 2.24. The van der Waals surface area contributed by atoms with E-state index in [1.165, 1.54) is 0 Å². The Morgan fingerprint density at radius 1 is 0.833 bits per heavy atom. The maximum absolute atomic E-state index is 4.44. The van der Waals surface area contributed by atoms with Crippen molar-refractivity contribution in [3.63, 3.8) is 0 Å². The van der Waals surface area contributed by atoms with Crippen molar-refractivity contribution in [3.8, 4) is 0 Å². The first-order valence-electron chi connectivity index (χ1n) is 5.01. The Kier molecular flexibility index (Phi) is 5.18. The second-order valence-electron chi connectivity index (χ2n) is 3.48. The van der Waals surface area contributed by atoms with E-state index in [-0.39, 0.29) is 0 Å². The van der Waals surface area contributed by atoms with E-state index >= 15 is 0 Å². The average Bonchev–Trinajstić information content (AvgIpc) is 2.40. The summed E-state index contributed by atoms with van der Waals surface area (Å²) in [6.07, 6.45) is 1.83. The van der Waals surface area contributed by atoms with Crippen LogP contribution >= 0.6 is 63.7 Å². The highest BCUT2D eigenvalue weighted by molar-refractivity contribution is 9.15. The fraction of sp³-hybridized carbons (Fsp3) is 0. The van der Waals surface area contributed by atoms with Gasteiger partial charge in [0.15, 0.2) is 0 Å². The number of rotatable bonds is 2. The Morgan fingerprint density at radius 3 is 2.17 bits per heavy atom.